The number of nitrogens with zero attached hydrogens (tertiary/aromatic N) is 2. The number of likely N-dealkylation sites (tertiary alicyclic amines) is 1. The van der Waals surface area contributed by atoms with Crippen LogP contribution < -0.4 is 5.32 Å². The molecular weight excluding hydrogens is 478 g/mol. The van der Waals surface area contributed by atoms with Gasteiger partial charge in [-0.05, 0) is 88.2 Å². The summed E-state index contributed by atoms with van der Waals surface area (Å²) < 4.78 is 7.37. The van der Waals surface area contributed by atoms with Crippen molar-refractivity contribution in [3.05, 3.63) is 58.7 Å². The molecule has 3 aromatic rings. The summed E-state index contributed by atoms with van der Waals surface area (Å²) in [6.07, 6.45) is 3.22. The number of Topliss-reactive ketones (excluding diaryl/α,β-unsaturated/α-hetero) is 1. The van der Waals surface area contributed by atoms with E-state index in [1.807, 2.05) is 46.8 Å². The van der Waals surface area contributed by atoms with Gasteiger partial charge in [-0.2, -0.15) is 0 Å². The van der Waals surface area contributed by atoms with Crippen LogP contribution in [0.1, 0.15) is 85.7 Å². The minimum Gasteiger partial charge on any atom is -0.443 e. The largest absolute Gasteiger partial charge is 0.443 e. The second kappa shape index (κ2) is 10.0. The van der Waals surface area contributed by atoms with Crippen LogP contribution in [0.15, 0.2) is 36.4 Å². The predicted octanol–water partition coefficient (Wildman–Crippen LogP) is 6.16. The number of rotatable bonds is 5. The van der Waals surface area contributed by atoms with Crippen molar-refractivity contribution in [2.24, 2.45) is 5.92 Å². The van der Waals surface area contributed by atoms with Crippen molar-refractivity contribution < 1.29 is 19.1 Å². The van der Waals surface area contributed by atoms with Crippen LogP contribution in [0.4, 0.5) is 4.79 Å². The van der Waals surface area contributed by atoms with Gasteiger partial charge >= 0.3 is 6.09 Å². The smallest absolute Gasteiger partial charge is 0.419 e. The van der Waals surface area contributed by atoms with Crippen molar-refractivity contribution in [3.63, 3.8) is 0 Å². The summed E-state index contributed by atoms with van der Waals surface area (Å²) in [5.74, 6) is -0.400. The fraction of sp³-hybridized carbons (Fsp3) is 0.452. The van der Waals surface area contributed by atoms with Crippen molar-refractivity contribution in [2.45, 2.75) is 72.6 Å². The van der Waals surface area contributed by atoms with E-state index < -0.39 is 11.7 Å². The summed E-state index contributed by atoms with van der Waals surface area (Å²) in [6.45, 7) is 12.6. The minimum atomic E-state index is -0.700. The van der Waals surface area contributed by atoms with E-state index in [-0.39, 0.29) is 17.6 Å². The molecule has 0 saturated carbocycles. The topological polar surface area (TPSA) is 80.6 Å². The fourth-order valence-electron chi connectivity index (χ4n) is 5.49. The van der Waals surface area contributed by atoms with Gasteiger partial charge in [-0.25, -0.2) is 9.36 Å². The lowest BCUT2D eigenvalue weighted by molar-refractivity contribution is 0.0546. The Morgan fingerprint density at radius 1 is 1.03 bits per heavy atom. The fourth-order valence-corrected chi connectivity index (χ4v) is 5.49. The van der Waals surface area contributed by atoms with E-state index in [2.05, 4.69) is 22.3 Å². The maximum atomic E-state index is 13.6. The van der Waals surface area contributed by atoms with Crippen LogP contribution in [0.2, 0.25) is 0 Å². The van der Waals surface area contributed by atoms with Crippen LogP contribution in [0.25, 0.3) is 22.2 Å². The second-order valence-electron chi connectivity index (χ2n) is 11.8. The van der Waals surface area contributed by atoms with E-state index in [1.165, 1.54) is 24.8 Å². The third kappa shape index (κ3) is 5.12. The van der Waals surface area contributed by atoms with E-state index in [0.717, 1.165) is 30.6 Å². The summed E-state index contributed by atoms with van der Waals surface area (Å²) in [5, 5.41) is 3.78. The number of nitrogens with one attached hydrogen (secondary N) is 1. The summed E-state index contributed by atoms with van der Waals surface area (Å²) in [7, 11) is 0. The van der Waals surface area contributed by atoms with Gasteiger partial charge in [0, 0.05) is 35.5 Å². The van der Waals surface area contributed by atoms with E-state index in [0.29, 0.717) is 34.4 Å². The second-order valence-corrected chi connectivity index (χ2v) is 11.8. The zero-order valence-electron chi connectivity index (χ0n) is 23.0. The third-order valence-corrected chi connectivity index (χ3v) is 7.27. The molecule has 1 amide bonds. The van der Waals surface area contributed by atoms with Crippen molar-refractivity contribution >= 4 is 28.7 Å². The standard InChI is InChI=1S/C31H37N3O4/c1-19(2)28(35)22-14-23-17-32-29(36)27(23)24(15-22)26-16-21-13-20(18-33-11-7-6-8-12-33)9-10-25(21)34(26)30(37)38-31(3,4)5/h9-10,13-16,19H,6-8,11-12,17-18H2,1-5H3,(H,32,36). The predicted molar refractivity (Wildman–Crippen MR) is 148 cm³/mol. The molecule has 0 radical (unpaired) electrons. The average molecular weight is 516 g/mol. The molecule has 0 aliphatic carbocycles. The minimum absolute atomic E-state index is 0.00264. The Balaban J connectivity index is 1.69. The van der Waals surface area contributed by atoms with E-state index in [4.69, 9.17) is 4.74 Å². The lowest BCUT2D eigenvalue weighted by Crippen LogP contribution is -2.29. The van der Waals surface area contributed by atoms with Crippen molar-refractivity contribution in [1.29, 1.82) is 0 Å². The third-order valence-electron chi connectivity index (χ3n) is 7.27. The number of aromatic nitrogens is 1. The molecule has 2 aromatic carbocycles. The zero-order valence-corrected chi connectivity index (χ0v) is 23.0. The number of carbonyl (C=O) groups is 3. The number of carbonyl (C=O) groups excluding carboxylic acids is 3. The van der Waals surface area contributed by atoms with Crippen LogP contribution in [-0.4, -0.2) is 45.9 Å². The lowest BCUT2D eigenvalue weighted by atomic mass is 9.92. The van der Waals surface area contributed by atoms with Crippen LogP contribution in [0.3, 0.4) is 0 Å². The van der Waals surface area contributed by atoms with Gasteiger partial charge in [0.2, 0.25) is 0 Å². The Bertz CT molecular complexity index is 1420. The number of ether oxygens (including phenoxy) is 1. The first kappa shape index (κ1) is 26.2. The summed E-state index contributed by atoms with van der Waals surface area (Å²) in [4.78, 5) is 42.0. The molecule has 0 bridgehead atoms. The lowest BCUT2D eigenvalue weighted by Gasteiger charge is -2.26. The van der Waals surface area contributed by atoms with Crippen LogP contribution in [-0.2, 0) is 17.8 Å². The van der Waals surface area contributed by atoms with Gasteiger partial charge in [0.15, 0.2) is 5.78 Å². The molecule has 7 nitrogen and oxygen atoms in total. The molecule has 2 aliphatic heterocycles. The van der Waals surface area contributed by atoms with Gasteiger partial charge in [-0.3, -0.25) is 14.5 Å². The molecule has 0 spiro atoms. The number of fused-ring (bicyclic) bond motifs is 2. The summed E-state index contributed by atoms with van der Waals surface area (Å²) in [6, 6.07) is 11.7. The maximum absolute atomic E-state index is 13.6. The van der Waals surface area contributed by atoms with Crippen LogP contribution in [0, 0.1) is 5.92 Å². The SMILES string of the molecule is CC(C)C(=O)c1cc2c(c(-c3cc4cc(CN5CCCCC5)ccc4n3C(=O)OC(C)(C)C)c1)C(=O)NC2. The first-order valence-electron chi connectivity index (χ1n) is 13.6. The molecule has 3 heterocycles. The van der Waals surface area contributed by atoms with Gasteiger partial charge in [0.05, 0.1) is 16.8 Å². The van der Waals surface area contributed by atoms with Crippen molar-refractivity contribution in [1.82, 2.24) is 14.8 Å². The number of hydrogen-bond donors (Lipinski definition) is 1. The molecule has 0 atom stereocenters. The molecule has 5 rings (SSSR count). The molecule has 7 heteroatoms. The molecule has 0 unspecified atom stereocenters. The van der Waals surface area contributed by atoms with Crippen molar-refractivity contribution in [3.8, 4) is 11.3 Å². The zero-order chi connectivity index (χ0) is 27.2. The van der Waals surface area contributed by atoms with Crippen LogP contribution in [0.5, 0.6) is 0 Å². The molecule has 2 aliphatic rings. The first-order chi connectivity index (χ1) is 18.0. The quantitative estimate of drug-likeness (QED) is 0.412. The summed E-state index contributed by atoms with van der Waals surface area (Å²) in [5.41, 5.74) is 4.13. The Hall–Kier alpha value is -3.45. The Kier molecular flexibility index (Phi) is 6.90. The molecule has 200 valence electrons. The number of benzene rings is 2. The van der Waals surface area contributed by atoms with Gasteiger partial charge in [0.25, 0.3) is 5.91 Å². The number of hydrogen-bond acceptors (Lipinski definition) is 5. The summed E-state index contributed by atoms with van der Waals surface area (Å²) >= 11 is 0. The van der Waals surface area contributed by atoms with Gasteiger partial charge in [-0.1, -0.05) is 26.3 Å². The normalized spacial score (nSPS) is 16.1. The Morgan fingerprint density at radius 2 is 1.76 bits per heavy atom. The maximum Gasteiger partial charge on any atom is 0.419 e. The van der Waals surface area contributed by atoms with E-state index in [9.17, 15) is 14.4 Å². The highest BCUT2D eigenvalue weighted by Crippen LogP contribution is 2.36. The number of piperidine rings is 1. The van der Waals surface area contributed by atoms with Gasteiger partial charge < -0.3 is 10.1 Å². The number of amides is 1. The highest BCUT2D eigenvalue weighted by molar-refractivity contribution is 6.09. The highest BCUT2D eigenvalue weighted by Gasteiger charge is 2.30. The molecule has 1 saturated heterocycles. The molecule has 1 aromatic heterocycles. The molecular formula is C31H37N3O4. The molecule has 38 heavy (non-hydrogen) atoms. The van der Waals surface area contributed by atoms with Gasteiger partial charge in [-0.15, -0.1) is 0 Å². The van der Waals surface area contributed by atoms with E-state index in [1.54, 1.807) is 16.7 Å². The Labute approximate surface area is 224 Å². The van der Waals surface area contributed by atoms with E-state index >= 15 is 0 Å². The highest BCUT2D eigenvalue weighted by atomic mass is 16.6. The first-order valence-corrected chi connectivity index (χ1v) is 13.6. The van der Waals surface area contributed by atoms with Crippen molar-refractivity contribution in [2.75, 3.05) is 13.1 Å². The number of ketones is 1. The van der Waals surface area contributed by atoms with Crippen LogP contribution >= 0.6 is 0 Å². The average Bonchev–Trinajstić information content (AvgIpc) is 3.43. The molecule has 1 fully saturated rings. The Morgan fingerprint density at radius 3 is 2.45 bits per heavy atom. The monoisotopic (exact) mass is 515 g/mol. The van der Waals surface area contributed by atoms with Gasteiger partial charge in [0.1, 0.15) is 5.60 Å². The molecule has 1 N–H and O–H groups in total.